The summed E-state index contributed by atoms with van der Waals surface area (Å²) >= 11 is 3.59. The van der Waals surface area contributed by atoms with Crippen LogP contribution in [0.2, 0.25) is 0 Å². The lowest BCUT2D eigenvalue weighted by atomic mass is 10.1. The Kier molecular flexibility index (Phi) is 2.85. The van der Waals surface area contributed by atoms with Crippen molar-refractivity contribution < 1.29 is 0 Å². The van der Waals surface area contributed by atoms with Crippen LogP contribution in [-0.2, 0) is 13.5 Å². The summed E-state index contributed by atoms with van der Waals surface area (Å²) in [5.41, 5.74) is 9.57. The predicted molar refractivity (Wildman–Crippen MR) is 68.1 cm³/mol. The van der Waals surface area contributed by atoms with Crippen LogP contribution in [0.5, 0.6) is 0 Å². The van der Waals surface area contributed by atoms with E-state index in [0.717, 1.165) is 10.9 Å². The lowest BCUT2D eigenvalue weighted by Crippen LogP contribution is -2.07. The number of nitrogens with zero attached hydrogens (tertiary/aromatic N) is 1. The number of aryl methyl sites for hydroxylation is 2. The number of rotatable bonds is 2. The standard InChI is InChI=1S/C12H15BrN2/c1-8-9-4-3-5-10(13)12(9)15(2)11(8)6-7-14/h3-5H,6-7,14H2,1-2H3. The van der Waals surface area contributed by atoms with E-state index in [-0.39, 0.29) is 0 Å². The first-order chi connectivity index (χ1) is 7.16. The zero-order valence-electron chi connectivity index (χ0n) is 9.05. The summed E-state index contributed by atoms with van der Waals surface area (Å²) in [7, 11) is 2.10. The summed E-state index contributed by atoms with van der Waals surface area (Å²) in [5.74, 6) is 0. The molecule has 0 amide bonds. The van der Waals surface area contributed by atoms with Gasteiger partial charge >= 0.3 is 0 Å². The molecule has 0 saturated carbocycles. The molecular weight excluding hydrogens is 252 g/mol. The quantitative estimate of drug-likeness (QED) is 0.891. The molecule has 0 unspecified atom stereocenters. The fraction of sp³-hybridized carbons (Fsp3) is 0.333. The van der Waals surface area contributed by atoms with Crippen molar-refractivity contribution in [1.29, 1.82) is 0 Å². The topological polar surface area (TPSA) is 30.9 Å². The highest BCUT2D eigenvalue weighted by Gasteiger charge is 2.12. The smallest absolute Gasteiger partial charge is 0.0627 e. The molecule has 2 N–H and O–H groups in total. The normalized spacial score (nSPS) is 11.2. The molecule has 2 rings (SSSR count). The van der Waals surface area contributed by atoms with Gasteiger partial charge in [0.05, 0.1) is 5.52 Å². The van der Waals surface area contributed by atoms with Gasteiger partial charge in [0.15, 0.2) is 0 Å². The lowest BCUT2D eigenvalue weighted by Gasteiger charge is -2.04. The summed E-state index contributed by atoms with van der Waals surface area (Å²) in [5, 5.41) is 1.32. The van der Waals surface area contributed by atoms with Gasteiger partial charge in [-0.05, 0) is 41.0 Å². The molecule has 0 atom stereocenters. The number of aromatic nitrogens is 1. The Morgan fingerprint density at radius 1 is 1.40 bits per heavy atom. The van der Waals surface area contributed by atoms with Crippen LogP contribution in [0, 0.1) is 6.92 Å². The van der Waals surface area contributed by atoms with E-state index in [0.29, 0.717) is 6.54 Å². The van der Waals surface area contributed by atoms with Crippen molar-refractivity contribution in [2.75, 3.05) is 6.54 Å². The largest absolute Gasteiger partial charge is 0.346 e. The molecule has 0 aliphatic heterocycles. The van der Waals surface area contributed by atoms with Crippen molar-refractivity contribution in [3.05, 3.63) is 33.9 Å². The average Bonchev–Trinajstić information content (AvgIpc) is 2.45. The molecule has 80 valence electrons. The van der Waals surface area contributed by atoms with Gasteiger partial charge in [0.1, 0.15) is 0 Å². The fourth-order valence-electron chi connectivity index (χ4n) is 2.19. The maximum Gasteiger partial charge on any atom is 0.0627 e. The van der Waals surface area contributed by atoms with Crippen LogP contribution >= 0.6 is 15.9 Å². The maximum absolute atomic E-state index is 5.63. The van der Waals surface area contributed by atoms with E-state index < -0.39 is 0 Å². The number of nitrogens with two attached hydrogens (primary N) is 1. The number of hydrogen-bond acceptors (Lipinski definition) is 1. The van der Waals surface area contributed by atoms with Crippen LogP contribution in [0.4, 0.5) is 0 Å². The van der Waals surface area contributed by atoms with E-state index in [1.54, 1.807) is 0 Å². The second-order valence-electron chi connectivity index (χ2n) is 3.81. The fourth-order valence-corrected chi connectivity index (χ4v) is 2.82. The predicted octanol–water partition coefficient (Wildman–Crippen LogP) is 2.75. The molecule has 0 aliphatic carbocycles. The van der Waals surface area contributed by atoms with Crippen LogP contribution in [0.25, 0.3) is 10.9 Å². The summed E-state index contributed by atoms with van der Waals surface area (Å²) in [6, 6.07) is 6.31. The first-order valence-corrected chi connectivity index (χ1v) is 5.88. The zero-order valence-corrected chi connectivity index (χ0v) is 10.6. The van der Waals surface area contributed by atoms with Gasteiger partial charge in [0, 0.05) is 29.0 Å². The van der Waals surface area contributed by atoms with Gasteiger partial charge in [0.25, 0.3) is 0 Å². The molecule has 2 nitrogen and oxygen atoms in total. The van der Waals surface area contributed by atoms with Crippen LogP contribution in [0.15, 0.2) is 22.7 Å². The summed E-state index contributed by atoms with van der Waals surface area (Å²) in [6.45, 7) is 2.86. The molecule has 0 fully saturated rings. The van der Waals surface area contributed by atoms with Crippen molar-refractivity contribution >= 4 is 26.8 Å². The Morgan fingerprint density at radius 2 is 2.13 bits per heavy atom. The van der Waals surface area contributed by atoms with Crippen LogP contribution in [0.1, 0.15) is 11.3 Å². The average molecular weight is 267 g/mol. The van der Waals surface area contributed by atoms with Gasteiger partial charge in [-0.25, -0.2) is 0 Å². The Balaban J connectivity index is 2.79. The SMILES string of the molecule is Cc1c(CCN)n(C)c2c(Br)cccc12. The lowest BCUT2D eigenvalue weighted by molar-refractivity contribution is 0.819. The molecule has 0 bridgehead atoms. The van der Waals surface area contributed by atoms with Crippen molar-refractivity contribution in [1.82, 2.24) is 4.57 Å². The van der Waals surface area contributed by atoms with E-state index in [1.807, 2.05) is 0 Å². The number of para-hydroxylation sites is 1. The van der Waals surface area contributed by atoms with Crippen molar-refractivity contribution in [2.24, 2.45) is 12.8 Å². The van der Waals surface area contributed by atoms with E-state index >= 15 is 0 Å². The van der Waals surface area contributed by atoms with Gasteiger partial charge in [-0.3, -0.25) is 0 Å². The van der Waals surface area contributed by atoms with Gasteiger partial charge < -0.3 is 10.3 Å². The number of benzene rings is 1. The minimum Gasteiger partial charge on any atom is -0.346 e. The van der Waals surface area contributed by atoms with Gasteiger partial charge in [0.2, 0.25) is 0 Å². The minimum atomic E-state index is 0.697. The molecule has 1 aromatic carbocycles. The minimum absolute atomic E-state index is 0.697. The third-order valence-corrected chi connectivity index (χ3v) is 3.58. The highest BCUT2D eigenvalue weighted by molar-refractivity contribution is 9.10. The van der Waals surface area contributed by atoms with Crippen LogP contribution in [-0.4, -0.2) is 11.1 Å². The highest BCUT2D eigenvalue weighted by atomic mass is 79.9. The third-order valence-electron chi connectivity index (χ3n) is 2.95. The second kappa shape index (κ2) is 3.99. The molecule has 3 heteroatoms. The van der Waals surface area contributed by atoms with Gasteiger partial charge in [-0.15, -0.1) is 0 Å². The molecule has 0 aliphatic rings. The van der Waals surface area contributed by atoms with E-state index in [1.165, 1.54) is 22.2 Å². The Hall–Kier alpha value is -0.800. The monoisotopic (exact) mass is 266 g/mol. The van der Waals surface area contributed by atoms with E-state index in [4.69, 9.17) is 5.73 Å². The van der Waals surface area contributed by atoms with Crippen LogP contribution < -0.4 is 5.73 Å². The number of halogens is 1. The molecule has 0 spiro atoms. The first-order valence-electron chi connectivity index (χ1n) is 5.09. The van der Waals surface area contributed by atoms with Crippen molar-refractivity contribution in [3.63, 3.8) is 0 Å². The summed E-state index contributed by atoms with van der Waals surface area (Å²) < 4.78 is 3.38. The van der Waals surface area contributed by atoms with Crippen molar-refractivity contribution in [2.45, 2.75) is 13.3 Å². The van der Waals surface area contributed by atoms with Crippen LogP contribution in [0.3, 0.4) is 0 Å². The molecule has 1 aromatic heterocycles. The van der Waals surface area contributed by atoms with Gasteiger partial charge in [-0.1, -0.05) is 12.1 Å². The van der Waals surface area contributed by atoms with Gasteiger partial charge in [-0.2, -0.15) is 0 Å². The van der Waals surface area contributed by atoms with E-state index in [2.05, 4.69) is 52.7 Å². The second-order valence-corrected chi connectivity index (χ2v) is 4.66. The molecule has 15 heavy (non-hydrogen) atoms. The van der Waals surface area contributed by atoms with E-state index in [9.17, 15) is 0 Å². The molecule has 0 radical (unpaired) electrons. The van der Waals surface area contributed by atoms with Crippen molar-refractivity contribution in [3.8, 4) is 0 Å². The third kappa shape index (κ3) is 1.60. The Morgan fingerprint density at radius 3 is 2.73 bits per heavy atom. The summed E-state index contributed by atoms with van der Waals surface area (Å²) in [4.78, 5) is 0. The first kappa shape index (κ1) is 10.7. The summed E-state index contributed by atoms with van der Waals surface area (Å²) in [6.07, 6.45) is 0.934. The molecule has 1 heterocycles. The maximum atomic E-state index is 5.63. The Bertz CT molecular complexity index is 500. The highest BCUT2D eigenvalue weighted by Crippen LogP contribution is 2.30. The zero-order chi connectivity index (χ0) is 11.0. The molecule has 2 aromatic rings. The Labute approximate surface area is 98.2 Å². The molecular formula is C12H15BrN2. The number of fused-ring (bicyclic) bond motifs is 1. The number of hydrogen-bond donors (Lipinski definition) is 1. The molecule has 0 saturated heterocycles.